The molecule has 4 heteroatoms. The molecule has 2 N–H and O–H groups in total. The number of para-hydroxylation sites is 2. The van der Waals surface area contributed by atoms with Crippen LogP contribution in [0.4, 0.5) is 0 Å². The first-order valence-corrected chi connectivity index (χ1v) is 8.30. The van der Waals surface area contributed by atoms with Crippen LogP contribution in [0.15, 0.2) is 58.5 Å². The summed E-state index contributed by atoms with van der Waals surface area (Å²) in [5, 5.41) is 19.9. The van der Waals surface area contributed by atoms with Crippen molar-refractivity contribution < 1.29 is 10.2 Å². The van der Waals surface area contributed by atoms with Crippen LogP contribution < -0.4 is 0 Å². The fraction of sp³-hybridized carbons (Fsp3) is 0.300. The Kier molecular flexibility index (Phi) is 6.55. The summed E-state index contributed by atoms with van der Waals surface area (Å²) >= 11 is 0. The maximum absolute atomic E-state index is 9.94. The Morgan fingerprint density at radius 3 is 1.42 bits per heavy atom. The molecule has 4 nitrogen and oxygen atoms in total. The molecule has 0 aliphatic carbocycles. The van der Waals surface area contributed by atoms with E-state index >= 15 is 0 Å². The minimum atomic E-state index is 0.255. The highest BCUT2D eigenvalue weighted by Gasteiger charge is 2.07. The maximum atomic E-state index is 9.94. The summed E-state index contributed by atoms with van der Waals surface area (Å²) in [6.07, 6.45) is 1.50. The van der Waals surface area contributed by atoms with Crippen LogP contribution in [-0.2, 0) is 0 Å². The molecule has 0 amide bonds. The van der Waals surface area contributed by atoms with E-state index in [0.29, 0.717) is 13.1 Å². The van der Waals surface area contributed by atoms with Gasteiger partial charge in [-0.1, -0.05) is 38.1 Å². The van der Waals surface area contributed by atoms with Gasteiger partial charge in [0.25, 0.3) is 0 Å². The fourth-order valence-electron chi connectivity index (χ4n) is 2.58. The van der Waals surface area contributed by atoms with E-state index < -0.39 is 0 Å². The van der Waals surface area contributed by atoms with E-state index in [1.165, 1.54) is 0 Å². The zero-order valence-corrected chi connectivity index (χ0v) is 14.2. The van der Waals surface area contributed by atoms with Crippen LogP contribution in [0.3, 0.4) is 0 Å². The van der Waals surface area contributed by atoms with Crippen LogP contribution in [0.25, 0.3) is 0 Å². The molecule has 0 spiro atoms. The van der Waals surface area contributed by atoms with Crippen molar-refractivity contribution >= 4 is 11.4 Å². The van der Waals surface area contributed by atoms with Crippen molar-refractivity contribution in [3.8, 4) is 11.5 Å². The van der Waals surface area contributed by atoms with Gasteiger partial charge in [-0.25, -0.2) is 0 Å². The first-order valence-electron chi connectivity index (χ1n) is 8.30. The van der Waals surface area contributed by atoms with Gasteiger partial charge in [-0.15, -0.1) is 0 Å². The second-order valence-electron chi connectivity index (χ2n) is 5.40. The predicted octanol–water partition coefficient (Wildman–Crippen LogP) is 4.20. The van der Waals surface area contributed by atoms with Gasteiger partial charge in [-0.05, 0) is 37.1 Å². The number of aromatic hydroxyl groups is 2. The maximum Gasteiger partial charge on any atom is 0.124 e. The van der Waals surface area contributed by atoms with Gasteiger partial charge in [-0.2, -0.15) is 0 Å². The number of phenols is 2. The lowest BCUT2D eigenvalue weighted by atomic mass is 10.1. The van der Waals surface area contributed by atoms with Crippen molar-refractivity contribution in [1.29, 1.82) is 0 Å². The molecule has 0 radical (unpaired) electrons. The van der Waals surface area contributed by atoms with Crippen molar-refractivity contribution in [3.63, 3.8) is 0 Å². The Morgan fingerprint density at radius 2 is 1.08 bits per heavy atom. The summed E-state index contributed by atoms with van der Waals surface area (Å²) in [7, 11) is 0. The van der Waals surface area contributed by atoms with Crippen LogP contribution in [0.5, 0.6) is 11.5 Å². The molecule has 0 bridgehead atoms. The molecule has 0 aliphatic heterocycles. The van der Waals surface area contributed by atoms with Gasteiger partial charge in [0.1, 0.15) is 11.5 Å². The minimum Gasteiger partial charge on any atom is -0.507 e. The molecule has 2 aromatic rings. The average molecular weight is 324 g/mol. The molecule has 0 unspecified atom stereocenters. The van der Waals surface area contributed by atoms with Gasteiger partial charge in [0.15, 0.2) is 0 Å². The summed E-state index contributed by atoms with van der Waals surface area (Å²) in [6, 6.07) is 14.5. The summed E-state index contributed by atoms with van der Waals surface area (Å²) in [6.45, 7) is 5.14. The molecule has 2 aromatic carbocycles. The summed E-state index contributed by atoms with van der Waals surface area (Å²) in [4.78, 5) is 9.17. The third-order valence-corrected chi connectivity index (χ3v) is 3.81. The van der Waals surface area contributed by atoms with Gasteiger partial charge in [0, 0.05) is 22.6 Å². The normalized spacial score (nSPS) is 12.4. The van der Waals surface area contributed by atoms with Gasteiger partial charge in [-0.3, -0.25) is 9.98 Å². The van der Waals surface area contributed by atoms with Gasteiger partial charge in [0.2, 0.25) is 0 Å². The lowest BCUT2D eigenvalue weighted by Gasteiger charge is -2.08. The third kappa shape index (κ3) is 4.44. The van der Waals surface area contributed by atoms with E-state index in [-0.39, 0.29) is 11.5 Å². The van der Waals surface area contributed by atoms with Gasteiger partial charge < -0.3 is 10.2 Å². The Bertz CT molecular complexity index is 672. The van der Waals surface area contributed by atoms with E-state index in [4.69, 9.17) is 0 Å². The molecular weight excluding hydrogens is 300 g/mol. The Balaban J connectivity index is 2.09. The number of nitrogens with zero attached hydrogens (tertiary/aromatic N) is 2. The van der Waals surface area contributed by atoms with Crippen LogP contribution in [0, 0.1) is 0 Å². The Labute approximate surface area is 143 Å². The van der Waals surface area contributed by atoms with E-state index in [0.717, 1.165) is 35.4 Å². The standard InChI is InChI=1S/C20H24N2O2/c1-3-17(15-9-5-7-11-19(15)23)21-13-14-22-18(4-2)16-10-6-8-12-20(16)24/h5-12,23-24H,3-4,13-14H2,1-2H3. The third-order valence-electron chi connectivity index (χ3n) is 3.81. The molecule has 0 saturated heterocycles. The quantitative estimate of drug-likeness (QED) is 0.592. The molecule has 0 aliphatic rings. The molecular formula is C20H24N2O2. The van der Waals surface area contributed by atoms with E-state index in [2.05, 4.69) is 9.98 Å². The van der Waals surface area contributed by atoms with Crippen LogP contribution in [-0.4, -0.2) is 34.7 Å². The Hall–Kier alpha value is -2.62. The van der Waals surface area contributed by atoms with Crippen LogP contribution >= 0.6 is 0 Å². The number of phenolic OH excluding ortho intramolecular Hbond substituents is 2. The fourth-order valence-corrected chi connectivity index (χ4v) is 2.58. The molecule has 0 atom stereocenters. The molecule has 2 rings (SSSR count). The highest BCUT2D eigenvalue weighted by molar-refractivity contribution is 6.03. The van der Waals surface area contributed by atoms with E-state index in [9.17, 15) is 10.2 Å². The number of hydrogen-bond acceptors (Lipinski definition) is 4. The number of aliphatic imine (C=N–C) groups is 2. The second kappa shape index (κ2) is 8.87. The van der Waals surface area contributed by atoms with Crippen LogP contribution in [0.2, 0.25) is 0 Å². The van der Waals surface area contributed by atoms with Crippen molar-refractivity contribution in [2.75, 3.05) is 13.1 Å². The number of hydrogen-bond donors (Lipinski definition) is 2. The lowest BCUT2D eigenvalue weighted by Crippen LogP contribution is -2.05. The monoisotopic (exact) mass is 324 g/mol. The highest BCUT2D eigenvalue weighted by Crippen LogP contribution is 2.19. The van der Waals surface area contributed by atoms with Crippen molar-refractivity contribution in [3.05, 3.63) is 59.7 Å². The SMILES string of the molecule is CCC(=NCCN=C(CC)c1ccccc1O)c1ccccc1O. The van der Waals surface area contributed by atoms with Gasteiger partial charge >= 0.3 is 0 Å². The topological polar surface area (TPSA) is 65.2 Å². The first-order chi connectivity index (χ1) is 11.7. The first kappa shape index (κ1) is 17.7. The average Bonchev–Trinajstić information content (AvgIpc) is 2.60. The van der Waals surface area contributed by atoms with Crippen molar-refractivity contribution in [1.82, 2.24) is 0 Å². The van der Waals surface area contributed by atoms with Crippen molar-refractivity contribution in [2.24, 2.45) is 9.98 Å². The van der Waals surface area contributed by atoms with E-state index in [1.54, 1.807) is 24.3 Å². The lowest BCUT2D eigenvalue weighted by molar-refractivity contribution is 0.473. The highest BCUT2D eigenvalue weighted by atomic mass is 16.3. The zero-order valence-electron chi connectivity index (χ0n) is 14.2. The zero-order chi connectivity index (χ0) is 17.4. The molecule has 24 heavy (non-hydrogen) atoms. The molecule has 0 heterocycles. The molecule has 126 valence electrons. The molecule has 0 saturated carbocycles. The van der Waals surface area contributed by atoms with Crippen molar-refractivity contribution in [2.45, 2.75) is 26.7 Å². The van der Waals surface area contributed by atoms with E-state index in [1.807, 2.05) is 38.1 Å². The molecule has 0 aromatic heterocycles. The molecule has 0 fully saturated rings. The summed E-state index contributed by atoms with van der Waals surface area (Å²) in [5.41, 5.74) is 3.31. The van der Waals surface area contributed by atoms with Gasteiger partial charge in [0.05, 0.1) is 13.1 Å². The van der Waals surface area contributed by atoms with Crippen LogP contribution in [0.1, 0.15) is 37.8 Å². The number of rotatable bonds is 7. The second-order valence-corrected chi connectivity index (χ2v) is 5.40. The smallest absolute Gasteiger partial charge is 0.124 e. The predicted molar refractivity (Wildman–Crippen MR) is 99.6 cm³/mol. The summed E-state index contributed by atoms with van der Waals surface area (Å²) in [5.74, 6) is 0.509. The summed E-state index contributed by atoms with van der Waals surface area (Å²) < 4.78 is 0. The minimum absolute atomic E-state index is 0.255. The largest absolute Gasteiger partial charge is 0.507 e. The number of benzene rings is 2. The Morgan fingerprint density at radius 1 is 0.708 bits per heavy atom.